The van der Waals surface area contributed by atoms with E-state index in [-0.39, 0.29) is 5.56 Å². The lowest BCUT2D eigenvalue weighted by Gasteiger charge is -2.14. The van der Waals surface area contributed by atoms with E-state index in [0.29, 0.717) is 0 Å². The molecule has 1 aromatic rings. The lowest BCUT2D eigenvalue weighted by molar-refractivity contribution is -0.275. The minimum Gasteiger partial charge on any atom is -0.478 e. The van der Waals surface area contributed by atoms with Gasteiger partial charge in [0.25, 0.3) is 5.88 Å². The van der Waals surface area contributed by atoms with Crippen molar-refractivity contribution in [1.82, 2.24) is 4.98 Å². The fraction of sp³-hybridized carbons (Fsp3) is 0.333. The van der Waals surface area contributed by atoms with Gasteiger partial charge in [-0.15, -0.1) is 13.2 Å². The van der Waals surface area contributed by atoms with Gasteiger partial charge < -0.3 is 14.6 Å². The van der Waals surface area contributed by atoms with Crippen molar-refractivity contribution in [1.29, 1.82) is 0 Å². The fourth-order valence-corrected chi connectivity index (χ4v) is 1.19. The minimum atomic E-state index is -5.02. The van der Waals surface area contributed by atoms with Crippen LogP contribution in [0.15, 0.2) is 6.20 Å². The number of hydrogen-bond acceptors (Lipinski definition) is 4. The van der Waals surface area contributed by atoms with Gasteiger partial charge in [-0.05, 0) is 12.5 Å². The van der Waals surface area contributed by atoms with Crippen LogP contribution in [-0.4, -0.2) is 29.5 Å². The monoisotopic (exact) mass is 251 g/mol. The van der Waals surface area contributed by atoms with Gasteiger partial charge in [0.05, 0.1) is 7.11 Å². The molecule has 0 aliphatic rings. The molecule has 0 atom stereocenters. The van der Waals surface area contributed by atoms with Crippen LogP contribution in [-0.2, 0) is 0 Å². The molecule has 0 aliphatic heterocycles. The number of hydrogen-bond donors (Lipinski definition) is 1. The van der Waals surface area contributed by atoms with Gasteiger partial charge in [0, 0.05) is 6.20 Å². The molecular formula is C9H8F3NO4. The number of carboxylic acids is 1. The number of rotatable bonds is 3. The van der Waals surface area contributed by atoms with Crippen molar-refractivity contribution < 1.29 is 32.5 Å². The first-order valence-corrected chi connectivity index (χ1v) is 4.29. The highest BCUT2D eigenvalue weighted by atomic mass is 19.4. The summed E-state index contributed by atoms with van der Waals surface area (Å²) in [5.74, 6) is -3.04. The first-order valence-electron chi connectivity index (χ1n) is 4.29. The van der Waals surface area contributed by atoms with Crippen LogP contribution >= 0.6 is 0 Å². The van der Waals surface area contributed by atoms with Crippen molar-refractivity contribution in [2.24, 2.45) is 0 Å². The number of aryl methyl sites for hydroxylation is 1. The van der Waals surface area contributed by atoms with Gasteiger partial charge in [0.15, 0.2) is 0 Å². The number of alkyl halides is 3. The van der Waals surface area contributed by atoms with Crippen LogP contribution in [0.25, 0.3) is 0 Å². The second kappa shape index (κ2) is 4.48. The van der Waals surface area contributed by atoms with Crippen molar-refractivity contribution >= 4 is 5.97 Å². The van der Waals surface area contributed by atoms with E-state index in [2.05, 4.69) is 14.5 Å². The normalized spacial score (nSPS) is 11.1. The molecule has 0 amide bonds. The summed E-state index contributed by atoms with van der Waals surface area (Å²) in [6, 6.07) is 0. The molecule has 0 bridgehead atoms. The average Bonchev–Trinajstić information content (AvgIpc) is 2.15. The van der Waals surface area contributed by atoms with E-state index in [1.54, 1.807) is 0 Å². The summed E-state index contributed by atoms with van der Waals surface area (Å²) in [4.78, 5) is 14.4. The number of nitrogens with zero attached hydrogens (tertiary/aromatic N) is 1. The lowest BCUT2D eigenvalue weighted by Crippen LogP contribution is -2.20. The molecule has 0 aromatic carbocycles. The summed E-state index contributed by atoms with van der Waals surface area (Å²) in [7, 11) is 1.06. The van der Waals surface area contributed by atoms with Crippen LogP contribution in [0.4, 0.5) is 13.2 Å². The number of methoxy groups -OCH3 is 1. The molecule has 0 fully saturated rings. The van der Waals surface area contributed by atoms with Crippen molar-refractivity contribution in [3.05, 3.63) is 17.3 Å². The van der Waals surface area contributed by atoms with Crippen molar-refractivity contribution in [3.63, 3.8) is 0 Å². The van der Waals surface area contributed by atoms with E-state index in [1.807, 2.05) is 0 Å². The topological polar surface area (TPSA) is 68.7 Å². The van der Waals surface area contributed by atoms with Crippen LogP contribution < -0.4 is 9.47 Å². The van der Waals surface area contributed by atoms with Crippen molar-refractivity contribution in [2.45, 2.75) is 13.3 Å². The summed E-state index contributed by atoms with van der Waals surface area (Å²) in [6.45, 7) is 1.30. The highest BCUT2D eigenvalue weighted by molar-refractivity contribution is 5.93. The van der Waals surface area contributed by atoms with Crippen LogP contribution in [0.2, 0.25) is 0 Å². The Morgan fingerprint density at radius 1 is 1.47 bits per heavy atom. The molecule has 1 rings (SSSR count). The third-order valence-electron chi connectivity index (χ3n) is 1.82. The average molecular weight is 251 g/mol. The third kappa shape index (κ3) is 2.99. The van der Waals surface area contributed by atoms with Crippen LogP contribution in [0.3, 0.4) is 0 Å². The number of pyridine rings is 1. The molecule has 1 heterocycles. The van der Waals surface area contributed by atoms with Crippen LogP contribution in [0.1, 0.15) is 15.9 Å². The van der Waals surface area contributed by atoms with Crippen molar-refractivity contribution in [2.75, 3.05) is 7.11 Å². The fourth-order valence-electron chi connectivity index (χ4n) is 1.19. The Labute approximate surface area is 93.8 Å². The molecule has 0 unspecified atom stereocenters. The summed E-state index contributed by atoms with van der Waals surface area (Å²) in [5.41, 5.74) is -0.591. The zero-order chi connectivity index (χ0) is 13.2. The summed E-state index contributed by atoms with van der Waals surface area (Å²) < 4.78 is 44.6. The van der Waals surface area contributed by atoms with Crippen LogP contribution in [0, 0.1) is 6.92 Å². The maximum Gasteiger partial charge on any atom is 0.573 e. The van der Waals surface area contributed by atoms with E-state index in [9.17, 15) is 18.0 Å². The molecule has 0 saturated heterocycles. The molecule has 1 N–H and O–H groups in total. The number of ether oxygens (including phenoxy) is 2. The predicted octanol–water partition coefficient (Wildman–Crippen LogP) is 2.00. The zero-order valence-electron chi connectivity index (χ0n) is 8.83. The number of carboxylic acid groups (broad SMARTS) is 1. The SMILES string of the molecule is COc1ncc(C)c(C(=O)O)c1OC(F)(F)F. The Kier molecular flexibility index (Phi) is 3.45. The second-order valence-electron chi connectivity index (χ2n) is 3.01. The highest BCUT2D eigenvalue weighted by Crippen LogP contribution is 2.35. The number of halogens is 3. The van der Waals surface area contributed by atoms with Gasteiger partial charge >= 0.3 is 12.3 Å². The Hall–Kier alpha value is -1.99. The van der Waals surface area contributed by atoms with E-state index < -0.39 is 29.5 Å². The first kappa shape index (κ1) is 13.1. The third-order valence-corrected chi connectivity index (χ3v) is 1.82. The van der Waals surface area contributed by atoms with E-state index in [4.69, 9.17) is 5.11 Å². The summed E-state index contributed by atoms with van der Waals surface area (Å²) in [5, 5.41) is 8.83. The molecule has 5 nitrogen and oxygen atoms in total. The van der Waals surface area contributed by atoms with E-state index >= 15 is 0 Å². The van der Waals surface area contributed by atoms with Gasteiger partial charge in [0.1, 0.15) is 5.56 Å². The predicted molar refractivity (Wildman–Crippen MR) is 49.2 cm³/mol. The molecule has 94 valence electrons. The Bertz CT molecular complexity index is 445. The Morgan fingerprint density at radius 2 is 2.06 bits per heavy atom. The highest BCUT2D eigenvalue weighted by Gasteiger charge is 2.36. The maximum absolute atomic E-state index is 12.1. The Balaban J connectivity index is 3.40. The van der Waals surface area contributed by atoms with Gasteiger partial charge in [-0.25, -0.2) is 9.78 Å². The van der Waals surface area contributed by atoms with Crippen molar-refractivity contribution in [3.8, 4) is 11.6 Å². The van der Waals surface area contributed by atoms with E-state index in [1.165, 1.54) is 6.92 Å². The molecular weight excluding hydrogens is 243 g/mol. The number of carbonyl (C=O) groups is 1. The molecule has 0 radical (unpaired) electrons. The van der Waals surface area contributed by atoms with Gasteiger partial charge in [-0.2, -0.15) is 0 Å². The van der Waals surface area contributed by atoms with Gasteiger partial charge in [-0.1, -0.05) is 0 Å². The standard InChI is InChI=1S/C9H8F3NO4/c1-4-3-13-7(16-2)6(5(4)8(14)15)17-9(10,11)12/h3H,1-2H3,(H,14,15). The first-order chi connectivity index (χ1) is 7.76. The molecule has 1 aromatic heterocycles. The quantitative estimate of drug-likeness (QED) is 0.889. The lowest BCUT2D eigenvalue weighted by atomic mass is 10.1. The molecule has 0 spiro atoms. The maximum atomic E-state index is 12.1. The Morgan fingerprint density at radius 3 is 2.47 bits per heavy atom. The number of aromatic nitrogens is 1. The largest absolute Gasteiger partial charge is 0.573 e. The second-order valence-corrected chi connectivity index (χ2v) is 3.01. The smallest absolute Gasteiger partial charge is 0.478 e. The number of aromatic carboxylic acids is 1. The molecule has 17 heavy (non-hydrogen) atoms. The summed E-state index contributed by atoms with van der Waals surface area (Å²) in [6.07, 6.45) is -3.93. The van der Waals surface area contributed by atoms with Gasteiger partial charge in [-0.3, -0.25) is 0 Å². The summed E-state index contributed by atoms with van der Waals surface area (Å²) >= 11 is 0. The molecule has 8 heteroatoms. The molecule has 0 saturated carbocycles. The zero-order valence-corrected chi connectivity index (χ0v) is 8.83. The van der Waals surface area contributed by atoms with E-state index in [0.717, 1.165) is 13.3 Å². The van der Waals surface area contributed by atoms with Crippen LogP contribution in [0.5, 0.6) is 11.6 Å². The molecule has 0 aliphatic carbocycles. The van der Waals surface area contributed by atoms with Gasteiger partial charge in [0.2, 0.25) is 5.75 Å². The minimum absolute atomic E-state index is 0.0394.